The Labute approximate surface area is 135 Å². The van der Waals surface area contributed by atoms with Gasteiger partial charge in [-0.15, -0.1) is 0 Å². The third kappa shape index (κ3) is 3.48. The summed E-state index contributed by atoms with van der Waals surface area (Å²) >= 11 is 3.40. The molecule has 0 atom stereocenters. The van der Waals surface area contributed by atoms with Crippen LogP contribution in [0.5, 0.6) is 17.4 Å². The number of aromatic nitrogens is 1. The molecule has 0 unspecified atom stereocenters. The van der Waals surface area contributed by atoms with E-state index in [1.165, 1.54) is 0 Å². The number of carbonyl (C=O) groups excluding carboxylic acids is 1. The Hall–Kier alpha value is -2.28. The summed E-state index contributed by atoms with van der Waals surface area (Å²) in [5.74, 6) is 1.37. The molecule has 1 N–H and O–H groups in total. The van der Waals surface area contributed by atoms with Crippen molar-refractivity contribution in [2.75, 3.05) is 25.1 Å². The number of rotatable bonds is 4. The fourth-order valence-corrected chi connectivity index (χ4v) is 2.34. The maximum Gasteiger partial charge on any atom is 0.262 e. The first-order chi connectivity index (χ1) is 10.7. The van der Waals surface area contributed by atoms with Gasteiger partial charge in [0.15, 0.2) is 18.1 Å². The van der Waals surface area contributed by atoms with Crippen LogP contribution in [0.2, 0.25) is 0 Å². The highest BCUT2D eigenvalue weighted by atomic mass is 79.9. The van der Waals surface area contributed by atoms with Crippen molar-refractivity contribution in [3.8, 4) is 17.4 Å². The molecular formula is C15H13BrN2O4. The van der Waals surface area contributed by atoms with Gasteiger partial charge in [0.1, 0.15) is 13.2 Å². The Bertz CT molecular complexity index is 679. The SMILES string of the molecule is O=C(COc1ccccn1)Nc1cc2c(cc1Br)OCCO2. The molecule has 0 radical (unpaired) electrons. The molecule has 114 valence electrons. The van der Waals surface area contributed by atoms with E-state index in [0.29, 0.717) is 40.8 Å². The topological polar surface area (TPSA) is 69.7 Å². The van der Waals surface area contributed by atoms with Crippen LogP contribution in [-0.4, -0.2) is 30.7 Å². The van der Waals surface area contributed by atoms with Gasteiger partial charge < -0.3 is 19.5 Å². The lowest BCUT2D eigenvalue weighted by molar-refractivity contribution is -0.118. The number of benzene rings is 1. The molecular weight excluding hydrogens is 352 g/mol. The Morgan fingerprint density at radius 2 is 2.05 bits per heavy atom. The second-order valence-corrected chi connectivity index (χ2v) is 5.33. The van der Waals surface area contributed by atoms with Crippen LogP contribution in [0.1, 0.15) is 0 Å². The molecule has 0 bridgehead atoms. The molecule has 1 aromatic carbocycles. The third-order valence-electron chi connectivity index (χ3n) is 2.89. The van der Waals surface area contributed by atoms with Crippen molar-refractivity contribution in [2.24, 2.45) is 0 Å². The van der Waals surface area contributed by atoms with Gasteiger partial charge in [0.2, 0.25) is 5.88 Å². The number of pyridine rings is 1. The molecule has 0 fully saturated rings. The van der Waals surface area contributed by atoms with Gasteiger partial charge in [0.05, 0.1) is 5.69 Å². The Morgan fingerprint density at radius 1 is 1.27 bits per heavy atom. The standard InChI is InChI=1S/C15H13BrN2O4/c16-10-7-12-13(21-6-5-20-12)8-11(10)18-14(19)9-22-15-3-1-2-4-17-15/h1-4,7-8H,5-6,9H2,(H,18,19). The van der Waals surface area contributed by atoms with E-state index in [0.717, 1.165) is 0 Å². The van der Waals surface area contributed by atoms with E-state index in [2.05, 4.69) is 26.2 Å². The number of nitrogens with one attached hydrogen (secondary N) is 1. The van der Waals surface area contributed by atoms with Crippen LogP contribution >= 0.6 is 15.9 Å². The highest BCUT2D eigenvalue weighted by Gasteiger charge is 2.16. The molecule has 1 aliphatic heterocycles. The molecule has 1 aromatic heterocycles. The maximum atomic E-state index is 11.9. The quantitative estimate of drug-likeness (QED) is 0.902. The lowest BCUT2D eigenvalue weighted by Crippen LogP contribution is -2.21. The number of amides is 1. The number of fused-ring (bicyclic) bond motifs is 1. The van der Waals surface area contributed by atoms with Gasteiger partial charge in [-0.3, -0.25) is 4.79 Å². The molecule has 22 heavy (non-hydrogen) atoms. The zero-order valence-corrected chi connectivity index (χ0v) is 13.1. The van der Waals surface area contributed by atoms with Crippen LogP contribution < -0.4 is 19.5 Å². The van der Waals surface area contributed by atoms with Gasteiger partial charge in [0.25, 0.3) is 5.91 Å². The minimum atomic E-state index is -0.289. The summed E-state index contributed by atoms with van der Waals surface area (Å²) in [4.78, 5) is 15.9. The van der Waals surface area contributed by atoms with E-state index in [1.807, 2.05) is 0 Å². The first kappa shape index (κ1) is 14.6. The van der Waals surface area contributed by atoms with E-state index in [4.69, 9.17) is 14.2 Å². The molecule has 1 aliphatic rings. The van der Waals surface area contributed by atoms with Gasteiger partial charge >= 0.3 is 0 Å². The predicted octanol–water partition coefficient (Wildman–Crippen LogP) is 2.63. The van der Waals surface area contributed by atoms with Crippen molar-refractivity contribution in [3.63, 3.8) is 0 Å². The molecule has 0 saturated carbocycles. The van der Waals surface area contributed by atoms with Crippen molar-refractivity contribution in [1.29, 1.82) is 0 Å². The Kier molecular flexibility index (Phi) is 4.43. The average molecular weight is 365 g/mol. The van der Waals surface area contributed by atoms with E-state index < -0.39 is 0 Å². The van der Waals surface area contributed by atoms with Crippen LogP contribution in [-0.2, 0) is 4.79 Å². The van der Waals surface area contributed by atoms with Crippen LogP contribution in [0.4, 0.5) is 5.69 Å². The van der Waals surface area contributed by atoms with Crippen LogP contribution in [0.15, 0.2) is 41.0 Å². The Balaban J connectivity index is 1.64. The van der Waals surface area contributed by atoms with E-state index in [1.54, 1.807) is 36.5 Å². The van der Waals surface area contributed by atoms with Gasteiger partial charge in [-0.05, 0) is 22.0 Å². The number of nitrogens with zero attached hydrogens (tertiary/aromatic N) is 1. The van der Waals surface area contributed by atoms with Gasteiger partial charge in [-0.25, -0.2) is 4.98 Å². The summed E-state index contributed by atoms with van der Waals surface area (Å²) in [6, 6.07) is 8.74. The van der Waals surface area contributed by atoms with Crippen molar-refractivity contribution in [1.82, 2.24) is 4.98 Å². The monoisotopic (exact) mass is 364 g/mol. The Morgan fingerprint density at radius 3 is 2.77 bits per heavy atom. The smallest absolute Gasteiger partial charge is 0.262 e. The lowest BCUT2D eigenvalue weighted by Gasteiger charge is -2.20. The van der Waals surface area contributed by atoms with Gasteiger partial charge in [0, 0.05) is 28.9 Å². The molecule has 0 spiro atoms. The van der Waals surface area contributed by atoms with E-state index >= 15 is 0 Å². The first-order valence-electron chi connectivity index (χ1n) is 6.65. The highest BCUT2D eigenvalue weighted by Crippen LogP contribution is 2.38. The summed E-state index contributed by atoms with van der Waals surface area (Å²) in [6.07, 6.45) is 1.60. The minimum Gasteiger partial charge on any atom is -0.486 e. The number of carbonyl (C=O) groups is 1. The minimum absolute atomic E-state index is 0.127. The normalized spacial score (nSPS) is 12.6. The zero-order valence-electron chi connectivity index (χ0n) is 11.5. The number of ether oxygens (including phenoxy) is 3. The second kappa shape index (κ2) is 6.65. The van der Waals surface area contributed by atoms with Gasteiger partial charge in [-0.1, -0.05) is 6.07 Å². The van der Waals surface area contributed by atoms with E-state index in [9.17, 15) is 4.79 Å². The van der Waals surface area contributed by atoms with Gasteiger partial charge in [-0.2, -0.15) is 0 Å². The molecule has 6 nitrogen and oxygen atoms in total. The lowest BCUT2D eigenvalue weighted by atomic mass is 10.2. The van der Waals surface area contributed by atoms with E-state index in [-0.39, 0.29) is 12.5 Å². The van der Waals surface area contributed by atoms with Crippen molar-refractivity contribution >= 4 is 27.5 Å². The van der Waals surface area contributed by atoms with Crippen molar-refractivity contribution < 1.29 is 19.0 Å². The molecule has 7 heteroatoms. The highest BCUT2D eigenvalue weighted by molar-refractivity contribution is 9.10. The molecule has 0 saturated heterocycles. The molecule has 0 aliphatic carbocycles. The number of anilines is 1. The molecule has 2 heterocycles. The summed E-state index contributed by atoms with van der Waals surface area (Å²) in [6.45, 7) is 0.881. The summed E-state index contributed by atoms with van der Waals surface area (Å²) in [5.41, 5.74) is 0.596. The van der Waals surface area contributed by atoms with Crippen LogP contribution in [0, 0.1) is 0 Å². The molecule has 1 amide bonds. The maximum absolute atomic E-state index is 11.9. The largest absolute Gasteiger partial charge is 0.486 e. The summed E-state index contributed by atoms with van der Waals surface area (Å²) in [5, 5.41) is 2.76. The summed E-state index contributed by atoms with van der Waals surface area (Å²) < 4.78 is 17.0. The second-order valence-electron chi connectivity index (χ2n) is 4.48. The fraction of sp³-hybridized carbons (Fsp3) is 0.200. The first-order valence-corrected chi connectivity index (χ1v) is 7.44. The fourth-order valence-electron chi connectivity index (χ4n) is 1.92. The van der Waals surface area contributed by atoms with Crippen molar-refractivity contribution in [3.05, 3.63) is 41.0 Å². The zero-order chi connectivity index (χ0) is 15.4. The number of halogens is 1. The number of hydrogen-bond donors (Lipinski definition) is 1. The van der Waals surface area contributed by atoms with Crippen LogP contribution in [0.25, 0.3) is 0 Å². The predicted molar refractivity (Wildman–Crippen MR) is 83.5 cm³/mol. The third-order valence-corrected chi connectivity index (χ3v) is 3.55. The van der Waals surface area contributed by atoms with Crippen molar-refractivity contribution in [2.45, 2.75) is 0 Å². The number of hydrogen-bond acceptors (Lipinski definition) is 5. The average Bonchev–Trinajstić information content (AvgIpc) is 2.55. The van der Waals surface area contributed by atoms with Crippen LogP contribution in [0.3, 0.4) is 0 Å². The molecule has 2 aromatic rings. The summed E-state index contributed by atoms with van der Waals surface area (Å²) in [7, 11) is 0. The molecule has 3 rings (SSSR count).